The molecule has 1 amide bonds. The van der Waals surface area contributed by atoms with Gasteiger partial charge in [0.15, 0.2) is 16.1 Å². The summed E-state index contributed by atoms with van der Waals surface area (Å²) in [7, 11) is 0. The number of hydrogen-bond donors (Lipinski definition) is 1. The topological polar surface area (TPSA) is 72.7 Å². The number of thioether (sulfide) groups is 1. The van der Waals surface area contributed by atoms with Gasteiger partial charge in [-0.05, 0) is 31.0 Å². The van der Waals surface area contributed by atoms with Gasteiger partial charge in [-0.3, -0.25) is 4.79 Å². The number of thiazole rings is 1. The Balaban J connectivity index is 1.45. The monoisotopic (exact) mass is 443 g/mol. The number of amides is 1. The van der Waals surface area contributed by atoms with Crippen LogP contribution in [-0.2, 0) is 17.8 Å². The molecule has 0 saturated carbocycles. The molecule has 6 nitrogen and oxygen atoms in total. The zero-order valence-corrected chi connectivity index (χ0v) is 18.7. The predicted molar refractivity (Wildman–Crippen MR) is 122 cm³/mol. The predicted octanol–water partition coefficient (Wildman–Crippen LogP) is 5.32. The maximum absolute atomic E-state index is 12.4. The molecule has 3 heterocycles. The SMILES string of the molecule is CCCn1c(SCC(=O)Nc2nc3ccccc3s2)nnc1-c1csc(CC)c1. The molecule has 0 bridgehead atoms. The number of fused-ring (bicyclic) bond motifs is 1. The number of thiophene rings is 1. The van der Waals surface area contributed by atoms with Crippen molar-refractivity contribution in [2.75, 3.05) is 11.1 Å². The third-order valence-corrected chi connectivity index (χ3v) is 7.30. The van der Waals surface area contributed by atoms with E-state index in [1.165, 1.54) is 28.0 Å². The van der Waals surface area contributed by atoms with Crippen molar-refractivity contribution in [2.45, 2.75) is 38.4 Å². The van der Waals surface area contributed by atoms with Crippen LogP contribution in [0.15, 0.2) is 40.9 Å². The molecular formula is C20H21N5OS3. The van der Waals surface area contributed by atoms with Crippen LogP contribution >= 0.6 is 34.4 Å². The molecule has 0 spiro atoms. The Morgan fingerprint density at radius 1 is 1.24 bits per heavy atom. The molecule has 0 aliphatic heterocycles. The number of nitrogens with one attached hydrogen (secondary N) is 1. The molecule has 150 valence electrons. The van der Waals surface area contributed by atoms with Crippen molar-refractivity contribution in [3.63, 3.8) is 0 Å². The van der Waals surface area contributed by atoms with Gasteiger partial charge in [0.25, 0.3) is 0 Å². The van der Waals surface area contributed by atoms with Crippen LogP contribution in [0, 0.1) is 0 Å². The van der Waals surface area contributed by atoms with Gasteiger partial charge < -0.3 is 9.88 Å². The first-order valence-electron chi connectivity index (χ1n) is 9.47. The van der Waals surface area contributed by atoms with Gasteiger partial charge in [0.05, 0.1) is 16.0 Å². The Bertz CT molecular complexity index is 1100. The lowest BCUT2D eigenvalue weighted by molar-refractivity contribution is -0.113. The van der Waals surface area contributed by atoms with E-state index < -0.39 is 0 Å². The van der Waals surface area contributed by atoms with Crippen LogP contribution in [0.25, 0.3) is 21.6 Å². The highest BCUT2D eigenvalue weighted by Crippen LogP contribution is 2.29. The van der Waals surface area contributed by atoms with Gasteiger partial charge in [-0.15, -0.1) is 21.5 Å². The number of carbonyl (C=O) groups is 1. The Morgan fingerprint density at radius 2 is 2.10 bits per heavy atom. The summed E-state index contributed by atoms with van der Waals surface area (Å²) in [5.74, 6) is 1.05. The molecule has 9 heteroatoms. The minimum absolute atomic E-state index is 0.0922. The molecule has 3 aromatic heterocycles. The minimum atomic E-state index is -0.0922. The lowest BCUT2D eigenvalue weighted by Gasteiger charge is -2.07. The van der Waals surface area contributed by atoms with Gasteiger partial charge in [-0.25, -0.2) is 4.98 Å². The van der Waals surface area contributed by atoms with E-state index in [9.17, 15) is 4.79 Å². The van der Waals surface area contributed by atoms with E-state index in [0.29, 0.717) is 5.13 Å². The summed E-state index contributed by atoms with van der Waals surface area (Å²) in [5.41, 5.74) is 1.99. The molecule has 4 rings (SSSR count). The molecule has 1 N–H and O–H groups in total. The van der Waals surface area contributed by atoms with Crippen molar-refractivity contribution in [2.24, 2.45) is 0 Å². The van der Waals surface area contributed by atoms with Crippen molar-refractivity contribution in [1.82, 2.24) is 19.7 Å². The maximum Gasteiger partial charge on any atom is 0.236 e. The number of aromatic nitrogens is 4. The number of aryl methyl sites for hydroxylation is 1. The summed E-state index contributed by atoms with van der Waals surface area (Å²) in [6.45, 7) is 5.10. The number of anilines is 1. The fourth-order valence-corrected chi connectivity index (χ4v) is 5.39. The second-order valence-corrected chi connectivity index (χ2v) is 9.41. The smallest absolute Gasteiger partial charge is 0.236 e. The van der Waals surface area contributed by atoms with E-state index in [0.717, 1.165) is 46.1 Å². The number of rotatable bonds is 8. The van der Waals surface area contributed by atoms with Crippen LogP contribution < -0.4 is 5.32 Å². The van der Waals surface area contributed by atoms with Crippen LogP contribution in [0.5, 0.6) is 0 Å². The lowest BCUT2D eigenvalue weighted by atomic mass is 10.2. The molecule has 0 aliphatic rings. The number of carbonyl (C=O) groups excluding carboxylic acids is 1. The van der Waals surface area contributed by atoms with Crippen molar-refractivity contribution in [3.05, 3.63) is 40.6 Å². The van der Waals surface area contributed by atoms with Gasteiger partial charge in [-0.1, -0.05) is 49.1 Å². The number of para-hydroxylation sites is 1. The van der Waals surface area contributed by atoms with Crippen molar-refractivity contribution < 1.29 is 4.79 Å². The molecule has 4 aromatic rings. The standard InChI is InChI=1S/C20H21N5OS3/c1-3-9-25-18(13-10-14(4-2)27-11-13)23-24-20(25)28-12-17(26)22-19-21-15-7-5-6-8-16(15)29-19/h5-8,10-11H,3-4,9,12H2,1-2H3,(H,21,22,26). The van der Waals surface area contributed by atoms with Crippen LogP contribution in [0.1, 0.15) is 25.1 Å². The molecule has 0 radical (unpaired) electrons. The third kappa shape index (κ3) is 4.52. The summed E-state index contributed by atoms with van der Waals surface area (Å²) in [5, 5.41) is 15.2. The quantitative estimate of drug-likeness (QED) is 0.373. The Labute approximate surface area is 181 Å². The number of nitrogens with zero attached hydrogens (tertiary/aromatic N) is 4. The summed E-state index contributed by atoms with van der Waals surface area (Å²) < 4.78 is 3.17. The van der Waals surface area contributed by atoms with Crippen molar-refractivity contribution in [1.29, 1.82) is 0 Å². The largest absolute Gasteiger partial charge is 0.302 e. The van der Waals surface area contributed by atoms with Crippen LogP contribution in [-0.4, -0.2) is 31.4 Å². The van der Waals surface area contributed by atoms with Crippen LogP contribution in [0.3, 0.4) is 0 Å². The van der Waals surface area contributed by atoms with E-state index in [2.05, 4.69) is 50.4 Å². The molecule has 0 saturated heterocycles. The van der Waals surface area contributed by atoms with E-state index >= 15 is 0 Å². The second kappa shape index (κ2) is 9.06. The molecule has 1 aromatic carbocycles. The van der Waals surface area contributed by atoms with Crippen molar-refractivity contribution >= 4 is 55.7 Å². The first-order valence-corrected chi connectivity index (χ1v) is 12.1. The summed E-state index contributed by atoms with van der Waals surface area (Å²) in [6.07, 6.45) is 1.99. The number of benzene rings is 1. The van der Waals surface area contributed by atoms with Gasteiger partial charge in [0.1, 0.15) is 0 Å². The normalized spacial score (nSPS) is 11.2. The van der Waals surface area contributed by atoms with E-state index in [1.54, 1.807) is 11.3 Å². The van der Waals surface area contributed by atoms with Gasteiger partial charge in [0.2, 0.25) is 5.91 Å². The number of hydrogen-bond acceptors (Lipinski definition) is 7. The molecule has 0 aliphatic carbocycles. The minimum Gasteiger partial charge on any atom is -0.302 e. The average molecular weight is 444 g/mol. The third-order valence-electron chi connectivity index (χ3n) is 4.30. The fourth-order valence-electron chi connectivity index (χ4n) is 2.93. The zero-order valence-electron chi connectivity index (χ0n) is 16.2. The highest BCUT2D eigenvalue weighted by atomic mass is 32.2. The summed E-state index contributed by atoms with van der Waals surface area (Å²) >= 11 is 4.63. The lowest BCUT2D eigenvalue weighted by Crippen LogP contribution is -2.14. The molecule has 0 fully saturated rings. The van der Waals surface area contributed by atoms with Gasteiger partial charge >= 0.3 is 0 Å². The van der Waals surface area contributed by atoms with Crippen LogP contribution in [0.2, 0.25) is 0 Å². The van der Waals surface area contributed by atoms with E-state index in [4.69, 9.17) is 0 Å². The Kier molecular flexibility index (Phi) is 6.27. The molecular weight excluding hydrogens is 422 g/mol. The van der Waals surface area contributed by atoms with E-state index in [-0.39, 0.29) is 11.7 Å². The first-order chi connectivity index (χ1) is 14.2. The Hall–Kier alpha value is -2.23. The van der Waals surface area contributed by atoms with Gasteiger partial charge in [-0.2, -0.15) is 0 Å². The fraction of sp³-hybridized carbons (Fsp3) is 0.300. The summed E-state index contributed by atoms with van der Waals surface area (Å²) in [4.78, 5) is 18.2. The molecule has 29 heavy (non-hydrogen) atoms. The second-order valence-electron chi connectivity index (χ2n) is 6.44. The summed E-state index contributed by atoms with van der Waals surface area (Å²) in [6, 6.07) is 10.0. The highest BCUT2D eigenvalue weighted by Gasteiger charge is 2.17. The molecule has 0 atom stereocenters. The zero-order chi connectivity index (χ0) is 20.2. The van der Waals surface area contributed by atoms with Crippen LogP contribution in [0.4, 0.5) is 5.13 Å². The Morgan fingerprint density at radius 3 is 2.86 bits per heavy atom. The van der Waals surface area contributed by atoms with Gasteiger partial charge in [0, 0.05) is 22.4 Å². The average Bonchev–Trinajstić information content (AvgIpc) is 3.44. The maximum atomic E-state index is 12.4. The van der Waals surface area contributed by atoms with E-state index in [1.807, 2.05) is 24.3 Å². The highest BCUT2D eigenvalue weighted by molar-refractivity contribution is 7.99. The first kappa shape index (κ1) is 20.1. The molecule has 0 unspecified atom stereocenters. The van der Waals surface area contributed by atoms with Crippen molar-refractivity contribution in [3.8, 4) is 11.4 Å².